The molecule has 102 valence electrons. The minimum absolute atomic E-state index is 0.321. The molecule has 0 atom stereocenters. The SMILES string of the molecule is O=C(CC1CCCCCC1)c1ccc2c(c1)CCO2. The smallest absolute Gasteiger partial charge is 0.163 e. The molecule has 0 unspecified atom stereocenters. The van der Waals surface area contributed by atoms with Crippen LogP contribution in [0.3, 0.4) is 0 Å². The van der Waals surface area contributed by atoms with Gasteiger partial charge in [0.2, 0.25) is 0 Å². The number of hydrogen-bond acceptors (Lipinski definition) is 2. The van der Waals surface area contributed by atoms with Crippen LogP contribution in [-0.2, 0) is 6.42 Å². The third-order valence-electron chi connectivity index (χ3n) is 4.46. The molecule has 1 aromatic rings. The van der Waals surface area contributed by atoms with Crippen molar-refractivity contribution in [2.75, 3.05) is 6.61 Å². The Balaban J connectivity index is 1.66. The average molecular weight is 258 g/mol. The fourth-order valence-corrected chi connectivity index (χ4v) is 3.31. The second-order valence-electron chi connectivity index (χ2n) is 5.91. The van der Waals surface area contributed by atoms with Crippen LogP contribution >= 0.6 is 0 Å². The second-order valence-corrected chi connectivity index (χ2v) is 5.91. The molecule has 1 aliphatic heterocycles. The maximum Gasteiger partial charge on any atom is 0.163 e. The van der Waals surface area contributed by atoms with Crippen LogP contribution in [0.25, 0.3) is 0 Å². The summed E-state index contributed by atoms with van der Waals surface area (Å²) in [4.78, 5) is 12.4. The summed E-state index contributed by atoms with van der Waals surface area (Å²) in [7, 11) is 0. The Morgan fingerprint density at radius 3 is 2.74 bits per heavy atom. The minimum Gasteiger partial charge on any atom is -0.493 e. The van der Waals surface area contributed by atoms with Crippen LogP contribution in [0.2, 0.25) is 0 Å². The van der Waals surface area contributed by atoms with E-state index in [2.05, 4.69) is 0 Å². The molecule has 0 amide bonds. The van der Waals surface area contributed by atoms with Gasteiger partial charge in [-0.1, -0.05) is 38.5 Å². The van der Waals surface area contributed by atoms with Crippen molar-refractivity contribution in [1.82, 2.24) is 0 Å². The Hall–Kier alpha value is -1.31. The summed E-state index contributed by atoms with van der Waals surface area (Å²) >= 11 is 0. The van der Waals surface area contributed by atoms with Crippen molar-refractivity contribution in [3.63, 3.8) is 0 Å². The molecule has 2 aliphatic rings. The number of ketones is 1. The molecule has 3 rings (SSSR count). The van der Waals surface area contributed by atoms with Crippen molar-refractivity contribution < 1.29 is 9.53 Å². The Kier molecular flexibility index (Phi) is 3.86. The zero-order valence-corrected chi connectivity index (χ0v) is 11.5. The first-order valence-corrected chi connectivity index (χ1v) is 7.62. The van der Waals surface area contributed by atoms with Gasteiger partial charge >= 0.3 is 0 Å². The molecule has 2 heteroatoms. The van der Waals surface area contributed by atoms with E-state index in [1.165, 1.54) is 44.1 Å². The molecule has 0 aromatic heterocycles. The van der Waals surface area contributed by atoms with E-state index >= 15 is 0 Å². The first-order valence-electron chi connectivity index (χ1n) is 7.62. The first kappa shape index (κ1) is 12.7. The molecule has 1 heterocycles. The van der Waals surface area contributed by atoms with Crippen molar-refractivity contribution in [1.29, 1.82) is 0 Å². The summed E-state index contributed by atoms with van der Waals surface area (Å²) in [6.07, 6.45) is 9.45. The number of Topliss-reactive ketones (excluding diaryl/α,β-unsaturated/α-hetero) is 1. The number of hydrogen-bond donors (Lipinski definition) is 0. The molecule has 0 N–H and O–H groups in total. The third kappa shape index (κ3) is 2.99. The molecular weight excluding hydrogens is 236 g/mol. The fourth-order valence-electron chi connectivity index (χ4n) is 3.31. The molecule has 1 fully saturated rings. The van der Waals surface area contributed by atoms with E-state index < -0.39 is 0 Å². The highest BCUT2D eigenvalue weighted by Crippen LogP contribution is 2.29. The zero-order valence-electron chi connectivity index (χ0n) is 11.5. The van der Waals surface area contributed by atoms with Gasteiger partial charge < -0.3 is 4.74 Å². The Morgan fingerprint density at radius 2 is 1.95 bits per heavy atom. The lowest BCUT2D eigenvalue weighted by Gasteiger charge is -2.13. The standard InChI is InChI=1S/C17H22O2/c18-16(11-13-5-3-1-2-4-6-13)14-7-8-17-15(12-14)9-10-19-17/h7-8,12-13H,1-6,9-11H2. The van der Waals surface area contributed by atoms with E-state index in [9.17, 15) is 4.79 Å². The molecule has 2 nitrogen and oxygen atoms in total. The van der Waals surface area contributed by atoms with Crippen molar-refractivity contribution in [3.05, 3.63) is 29.3 Å². The summed E-state index contributed by atoms with van der Waals surface area (Å²) in [6.45, 7) is 0.760. The van der Waals surface area contributed by atoms with Crippen LogP contribution < -0.4 is 4.74 Å². The van der Waals surface area contributed by atoms with Crippen LogP contribution in [0, 0.1) is 5.92 Å². The van der Waals surface area contributed by atoms with Gasteiger partial charge in [0, 0.05) is 18.4 Å². The van der Waals surface area contributed by atoms with Gasteiger partial charge in [-0.3, -0.25) is 4.79 Å². The lowest BCUT2D eigenvalue weighted by atomic mass is 9.91. The molecule has 0 saturated heterocycles. The number of ether oxygens (including phenoxy) is 1. The normalized spacial score (nSPS) is 19.6. The molecule has 1 aromatic carbocycles. The van der Waals surface area contributed by atoms with Crippen LogP contribution in [0.15, 0.2) is 18.2 Å². The predicted octanol–water partition coefficient (Wildman–Crippen LogP) is 4.16. The van der Waals surface area contributed by atoms with Gasteiger partial charge in [0.1, 0.15) is 5.75 Å². The van der Waals surface area contributed by atoms with Gasteiger partial charge in [0.15, 0.2) is 5.78 Å². The Labute approximate surface area is 115 Å². The van der Waals surface area contributed by atoms with Crippen molar-refractivity contribution in [2.45, 2.75) is 51.4 Å². The highest BCUT2D eigenvalue weighted by Gasteiger charge is 2.19. The zero-order chi connectivity index (χ0) is 13.1. The van der Waals surface area contributed by atoms with Crippen LogP contribution in [0.5, 0.6) is 5.75 Å². The third-order valence-corrected chi connectivity index (χ3v) is 4.46. The van der Waals surface area contributed by atoms with Gasteiger partial charge in [0.05, 0.1) is 6.61 Å². The first-order chi connectivity index (χ1) is 9.33. The van der Waals surface area contributed by atoms with Gasteiger partial charge in [-0.15, -0.1) is 0 Å². The van der Waals surface area contributed by atoms with E-state index in [0.29, 0.717) is 11.7 Å². The molecule has 0 bridgehead atoms. The largest absolute Gasteiger partial charge is 0.493 e. The van der Waals surface area contributed by atoms with E-state index in [0.717, 1.165) is 30.8 Å². The van der Waals surface area contributed by atoms with Crippen molar-refractivity contribution in [2.24, 2.45) is 5.92 Å². The molecular formula is C17H22O2. The summed E-state index contributed by atoms with van der Waals surface area (Å²) in [5, 5.41) is 0. The second kappa shape index (κ2) is 5.77. The van der Waals surface area contributed by atoms with Crippen LogP contribution in [0.4, 0.5) is 0 Å². The number of fused-ring (bicyclic) bond motifs is 1. The summed E-state index contributed by atoms with van der Waals surface area (Å²) in [5.41, 5.74) is 2.08. The molecule has 1 saturated carbocycles. The quantitative estimate of drug-likeness (QED) is 0.601. The van der Waals surface area contributed by atoms with Gasteiger partial charge in [-0.25, -0.2) is 0 Å². The highest BCUT2D eigenvalue weighted by atomic mass is 16.5. The number of benzene rings is 1. The summed E-state index contributed by atoms with van der Waals surface area (Å²) in [5.74, 6) is 1.90. The predicted molar refractivity (Wildman–Crippen MR) is 75.8 cm³/mol. The maximum atomic E-state index is 12.4. The van der Waals surface area contributed by atoms with Gasteiger partial charge in [0.25, 0.3) is 0 Å². The van der Waals surface area contributed by atoms with E-state index in [-0.39, 0.29) is 0 Å². The van der Waals surface area contributed by atoms with Crippen molar-refractivity contribution >= 4 is 5.78 Å². The lowest BCUT2D eigenvalue weighted by molar-refractivity contribution is 0.0957. The number of carbonyl (C=O) groups is 1. The lowest BCUT2D eigenvalue weighted by Crippen LogP contribution is -2.08. The van der Waals surface area contributed by atoms with Crippen LogP contribution in [-0.4, -0.2) is 12.4 Å². The Morgan fingerprint density at radius 1 is 1.16 bits per heavy atom. The highest BCUT2D eigenvalue weighted by molar-refractivity contribution is 5.96. The average Bonchev–Trinajstić information content (AvgIpc) is 2.75. The molecule has 1 aliphatic carbocycles. The summed E-state index contributed by atoms with van der Waals surface area (Å²) < 4.78 is 5.49. The van der Waals surface area contributed by atoms with Crippen molar-refractivity contribution in [3.8, 4) is 5.75 Å². The van der Waals surface area contributed by atoms with E-state index in [4.69, 9.17) is 4.74 Å². The Bertz CT molecular complexity index is 456. The minimum atomic E-state index is 0.321. The summed E-state index contributed by atoms with van der Waals surface area (Å²) in [6, 6.07) is 5.94. The van der Waals surface area contributed by atoms with Crippen LogP contribution in [0.1, 0.15) is 60.9 Å². The molecule has 0 radical (unpaired) electrons. The molecule has 19 heavy (non-hydrogen) atoms. The monoisotopic (exact) mass is 258 g/mol. The fraction of sp³-hybridized carbons (Fsp3) is 0.588. The van der Waals surface area contributed by atoms with Gasteiger partial charge in [-0.05, 0) is 29.7 Å². The van der Waals surface area contributed by atoms with Gasteiger partial charge in [-0.2, -0.15) is 0 Å². The van der Waals surface area contributed by atoms with E-state index in [1.54, 1.807) is 0 Å². The maximum absolute atomic E-state index is 12.4. The molecule has 0 spiro atoms. The topological polar surface area (TPSA) is 26.3 Å². The number of rotatable bonds is 3. The number of carbonyl (C=O) groups excluding carboxylic acids is 1. The van der Waals surface area contributed by atoms with E-state index in [1.807, 2.05) is 18.2 Å².